The summed E-state index contributed by atoms with van der Waals surface area (Å²) in [5.74, 6) is 0.189. The van der Waals surface area contributed by atoms with Gasteiger partial charge in [0.2, 0.25) is 5.91 Å². The van der Waals surface area contributed by atoms with Gasteiger partial charge in [-0.1, -0.05) is 37.6 Å². The molecule has 0 saturated heterocycles. The molecule has 23 heavy (non-hydrogen) atoms. The molecular weight excluding hydrogens is 308 g/mol. The first-order valence-electron chi connectivity index (χ1n) is 7.92. The lowest BCUT2D eigenvalue weighted by Crippen LogP contribution is -2.33. The van der Waals surface area contributed by atoms with Crippen LogP contribution in [-0.2, 0) is 17.6 Å². The molecule has 1 aromatic carbocycles. The van der Waals surface area contributed by atoms with E-state index in [0.29, 0.717) is 6.42 Å². The molecule has 0 unspecified atom stereocenters. The molecule has 1 aliphatic heterocycles. The van der Waals surface area contributed by atoms with Crippen LogP contribution in [-0.4, -0.2) is 17.4 Å². The smallest absolute Gasteiger partial charge is 0.227 e. The second-order valence-electron chi connectivity index (χ2n) is 6.94. The third-order valence-electron chi connectivity index (χ3n) is 4.30. The summed E-state index contributed by atoms with van der Waals surface area (Å²) < 4.78 is 0. The maximum absolute atomic E-state index is 12.8. The zero-order valence-electron chi connectivity index (χ0n) is 13.6. The lowest BCUT2D eigenvalue weighted by Gasteiger charge is -2.27. The molecular formula is C19H21ClN2O. The number of aromatic nitrogens is 1. The summed E-state index contributed by atoms with van der Waals surface area (Å²) in [6.45, 7) is 5.04. The molecule has 0 aliphatic carbocycles. The summed E-state index contributed by atoms with van der Waals surface area (Å²) in [7, 11) is 0. The van der Waals surface area contributed by atoms with Crippen molar-refractivity contribution in [3.05, 3.63) is 58.9 Å². The predicted octanol–water partition coefficient (Wildman–Crippen LogP) is 4.28. The molecule has 3 nitrogen and oxygen atoms in total. The van der Waals surface area contributed by atoms with Crippen LogP contribution in [0.1, 0.15) is 31.4 Å². The maximum atomic E-state index is 12.8. The fourth-order valence-electron chi connectivity index (χ4n) is 3.21. The molecule has 0 atom stereocenters. The Morgan fingerprint density at radius 2 is 2.00 bits per heavy atom. The monoisotopic (exact) mass is 328 g/mol. The van der Waals surface area contributed by atoms with E-state index in [-0.39, 0.29) is 11.3 Å². The van der Waals surface area contributed by atoms with Gasteiger partial charge in [-0.15, -0.1) is 0 Å². The van der Waals surface area contributed by atoms with Crippen LogP contribution in [0, 0.1) is 5.41 Å². The minimum atomic E-state index is -0.0965. The van der Waals surface area contributed by atoms with Crippen molar-refractivity contribution >= 4 is 23.2 Å². The van der Waals surface area contributed by atoms with E-state index in [4.69, 9.17) is 11.6 Å². The molecule has 0 N–H and O–H groups in total. The highest BCUT2D eigenvalue weighted by molar-refractivity contribution is 6.30. The highest BCUT2D eigenvalue weighted by Gasteiger charge is 2.29. The molecule has 2 aromatic rings. The predicted molar refractivity (Wildman–Crippen MR) is 93.8 cm³/mol. The molecule has 0 bridgehead atoms. The van der Waals surface area contributed by atoms with Gasteiger partial charge >= 0.3 is 0 Å². The number of hydrogen-bond acceptors (Lipinski definition) is 2. The molecule has 2 heterocycles. The Hall–Kier alpha value is -1.87. The fourth-order valence-corrected chi connectivity index (χ4v) is 3.34. The quantitative estimate of drug-likeness (QED) is 0.839. The normalized spacial score (nSPS) is 14.0. The van der Waals surface area contributed by atoms with Crippen molar-refractivity contribution in [2.24, 2.45) is 5.41 Å². The number of nitrogens with zero attached hydrogens (tertiary/aromatic N) is 2. The Morgan fingerprint density at radius 3 is 2.74 bits per heavy atom. The van der Waals surface area contributed by atoms with E-state index >= 15 is 0 Å². The second-order valence-corrected chi connectivity index (χ2v) is 7.38. The van der Waals surface area contributed by atoms with Gasteiger partial charge in [-0.25, -0.2) is 0 Å². The summed E-state index contributed by atoms with van der Waals surface area (Å²) in [4.78, 5) is 18.8. The lowest BCUT2D eigenvalue weighted by molar-refractivity contribution is -0.120. The Morgan fingerprint density at radius 1 is 1.26 bits per heavy atom. The third kappa shape index (κ3) is 3.73. The minimum absolute atomic E-state index is 0.0965. The molecule has 120 valence electrons. The van der Waals surface area contributed by atoms with E-state index in [2.05, 4.69) is 18.8 Å². The first-order chi connectivity index (χ1) is 10.9. The van der Waals surface area contributed by atoms with Gasteiger partial charge in [0.25, 0.3) is 0 Å². The van der Waals surface area contributed by atoms with Crippen molar-refractivity contribution in [3.8, 4) is 0 Å². The van der Waals surface area contributed by atoms with Crippen molar-refractivity contribution in [3.63, 3.8) is 0 Å². The van der Waals surface area contributed by atoms with E-state index in [0.717, 1.165) is 35.7 Å². The highest BCUT2D eigenvalue weighted by Crippen LogP contribution is 2.32. The van der Waals surface area contributed by atoms with E-state index < -0.39 is 0 Å². The fraction of sp³-hybridized carbons (Fsp3) is 0.368. The van der Waals surface area contributed by atoms with Crippen LogP contribution in [0.15, 0.2) is 42.7 Å². The van der Waals surface area contributed by atoms with Crippen molar-refractivity contribution in [2.45, 2.75) is 33.1 Å². The number of carbonyl (C=O) groups is 1. The molecule has 1 amide bonds. The maximum Gasteiger partial charge on any atom is 0.227 e. The summed E-state index contributed by atoms with van der Waals surface area (Å²) >= 11 is 5.94. The van der Waals surface area contributed by atoms with E-state index in [9.17, 15) is 4.79 Å². The van der Waals surface area contributed by atoms with Crippen molar-refractivity contribution in [1.82, 2.24) is 4.98 Å². The Labute approximate surface area is 142 Å². The number of carbonyl (C=O) groups excluding carboxylic acids is 1. The van der Waals surface area contributed by atoms with Gasteiger partial charge in [0.05, 0.1) is 0 Å². The largest absolute Gasteiger partial charge is 0.312 e. The Balaban J connectivity index is 1.68. The number of pyridine rings is 1. The molecule has 0 spiro atoms. The first-order valence-corrected chi connectivity index (χ1v) is 8.30. The van der Waals surface area contributed by atoms with E-state index in [1.807, 2.05) is 41.4 Å². The molecule has 0 fully saturated rings. The molecule has 0 saturated carbocycles. The number of hydrogen-bond donors (Lipinski definition) is 0. The number of fused-ring (bicyclic) bond motifs is 1. The third-order valence-corrected chi connectivity index (χ3v) is 4.55. The Bertz CT molecular complexity index is 710. The number of anilines is 1. The molecule has 0 radical (unpaired) electrons. The zero-order chi connectivity index (χ0) is 16.4. The molecule has 1 aliphatic rings. The topological polar surface area (TPSA) is 33.2 Å². The van der Waals surface area contributed by atoms with E-state index in [1.165, 1.54) is 5.56 Å². The Kier molecular flexibility index (Phi) is 4.40. The van der Waals surface area contributed by atoms with Crippen LogP contribution >= 0.6 is 11.6 Å². The van der Waals surface area contributed by atoms with Gasteiger partial charge in [0.1, 0.15) is 0 Å². The lowest BCUT2D eigenvalue weighted by atomic mass is 9.82. The van der Waals surface area contributed by atoms with Gasteiger partial charge in [0, 0.05) is 36.1 Å². The van der Waals surface area contributed by atoms with Crippen LogP contribution in [0.5, 0.6) is 0 Å². The molecule has 1 aromatic heterocycles. The van der Waals surface area contributed by atoms with Crippen LogP contribution in [0.4, 0.5) is 5.69 Å². The summed E-state index contributed by atoms with van der Waals surface area (Å²) in [6, 6.07) is 9.81. The van der Waals surface area contributed by atoms with Crippen LogP contribution < -0.4 is 4.90 Å². The zero-order valence-corrected chi connectivity index (χ0v) is 14.3. The van der Waals surface area contributed by atoms with Gasteiger partial charge in [-0.05, 0) is 47.6 Å². The van der Waals surface area contributed by atoms with Crippen LogP contribution in [0.3, 0.4) is 0 Å². The number of rotatable bonds is 4. The van der Waals surface area contributed by atoms with Crippen LogP contribution in [0.2, 0.25) is 5.02 Å². The van der Waals surface area contributed by atoms with E-state index in [1.54, 1.807) is 6.20 Å². The van der Waals surface area contributed by atoms with Gasteiger partial charge in [0.15, 0.2) is 0 Å². The molecule has 3 rings (SSSR count). The van der Waals surface area contributed by atoms with Crippen molar-refractivity contribution in [2.75, 3.05) is 11.4 Å². The number of amides is 1. The minimum Gasteiger partial charge on any atom is -0.312 e. The standard InChI is InChI=1S/C19H21ClN2O/c1-19(2,11-14-3-5-16(20)6-4-14)12-18(23)22-10-8-15-13-21-9-7-17(15)22/h3-7,9,13H,8,10-12H2,1-2H3. The number of halogens is 1. The highest BCUT2D eigenvalue weighted by atomic mass is 35.5. The van der Waals surface area contributed by atoms with Crippen LogP contribution in [0.25, 0.3) is 0 Å². The molecule has 4 heteroatoms. The van der Waals surface area contributed by atoms with Gasteiger partial charge < -0.3 is 4.90 Å². The summed E-state index contributed by atoms with van der Waals surface area (Å²) in [6.07, 6.45) is 5.89. The second kappa shape index (κ2) is 6.32. The summed E-state index contributed by atoms with van der Waals surface area (Å²) in [5, 5.41) is 0.741. The van der Waals surface area contributed by atoms with Gasteiger partial charge in [-0.2, -0.15) is 0 Å². The van der Waals surface area contributed by atoms with Crippen molar-refractivity contribution in [1.29, 1.82) is 0 Å². The number of benzene rings is 1. The summed E-state index contributed by atoms with van der Waals surface area (Å²) in [5.41, 5.74) is 3.29. The van der Waals surface area contributed by atoms with Crippen molar-refractivity contribution < 1.29 is 4.79 Å². The van der Waals surface area contributed by atoms with Gasteiger partial charge in [-0.3, -0.25) is 9.78 Å². The average molecular weight is 329 g/mol. The average Bonchev–Trinajstić information content (AvgIpc) is 2.93. The SMILES string of the molecule is CC(C)(CC(=O)N1CCc2cnccc21)Cc1ccc(Cl)cc1. The first kappa shape index (κ1) is 16.0.